The lowest BCUT2D eigenvalue weighted by atomic mass is 10.0. The minimum absolute atomic E-state index is 0.0294. The van der Waals surface area contributed by atoms with Gasteiger partial charge in [0, 0.05) is 19.1 Å². The summed E-state index contributed by atoms with van der Waals surface area (Å²) in [5, 5.41) is 2.76. The fourth-order valence-electron chi connectivity index (χ4n) is 2.76. The van der Waals surface area contributed by atoms with E-state index in [0.717, 1.165) is 12.8 Å². The number of piperidine rings is 1. The highest BCUT2D eigenvalue weighted by Crippen LogP contribution is 2.34. The Labute approximate surface area is 123 Å². The molecule has 1 saturated heterocycles. The van der Waals surface area contributed by atoms with Crippen molar-refractivity contribution in [2.45, 2.75) is 31.9 Å². The molecule has 112 valence electrons. The zero-order valence-electron chi connectivity index (χ0n) is 12.0. The monoisotopic (exact) mass is 289 g/mol. The molecule has 1 fully saturated rings. The molecule has 2 heterocycles. The second-order valence-corrected chi connectivity index (χ2v) is 5.59. The molecule has 2 unspecified atom stereocenters. The number of para-hydroxylation sites is 1. The van der Waals surface area contributed by atoms with Crippen LogP contribution in [0.25, 0.3) is 0 Å². The summed E-state index contributed by atoms with van der Waals surface area (Å²) in [6, 6.07) is 5.24. The van der Waals surface area contributed by atoms with Crippen molar-refractivity contribution in [1.82, 2.24) is 4.90 Å². The zero-order chi connectivity index (χ0) is 15.0. The lowest BCUT2D eigenvalue weighted by Gasteiger charge is -2.32. The number of ether oxygens (including phenoxy) is 1. The second-order valence-electron chi connectivity index (χ2n) is 5.59. The molecule has 21 heavy (non-hydrogen) atoms. The molecular weight excluding hydrogens is 270 g/mol. The fourth-order valence-corrected chi connectivity index (χ4v) is 2.76. The van der Waals surface area contributed by atoms with E-state index in [1.807, 2.05) is 0 Å². The molecule has 0 radical (unpaired) electrons. The molecule has 0 saturated carbocycles. The van der Waals surface area contributed by atoms with Crippen LogP contribution in [0.4, 0.5) is 5.69 Å². The van der Waals surface area contributed by atoms with Crippen LogP contribution in [0.3, 0.4) is 0 Å². The van der Waals surface area contributed by atoms with Gasteiger partial charge in [-0.2, -0.15) is 0 Å². The number of nitrogens with one attached hydrogen (secondary N) is 1. The number of likely N-dealkylation sites (tertiary alicyclic amines) is 1. The summed E-state index contributed by atoms with van der Waals surface area (Å²) < 4.78 is 5.62. The van der Waals surface area contributed by atoms with Gasteiger partial charge in [0.1, 0.15) is 0 Å². The lowest BCUT2D eigenvalue weighted by molar-refractivity contribution is -0.122. The van der Waals surface area contributed by atoms with Crippen LogP contribution in [0.5, 0.6) is 5.75 Å². The molecule has 2 aliphatic rings. The van der Waals surface area contributed by atoms with Crippen molar-refractivity contribution in [3.05, 3.63) is 23.8 Å². The number of anilines is 1. The SMILES string of the molecule is CC1Oc2c(cccc2C(=O)N2CCCC(N)C2)NC1=O. The van der Waals surface area contributed by atoms with Crippen molar-refractivity contribution >= 4 is 17.5 Å². The molecule has 0 spiro atoms. The van der Waals surface area contributed by atoms with E-state index in [2.05, 4.69) is 5.32 Å². The van der Waals surface area contributed by atoms with Crippen LogP contribution >= 0.6 is 0 Å². The number of nitrogens with zero attached hydrogens (tertiary/aromatic N) is 1. The number of fused-ring (bicyclic) bond motifs is 1. The van der Waals surface area contributed by atoms with Gasteiger partial charge in [0.15, 0.2) is 11.9 Å². The van der Waals surface area contributed by atoms with E-state index in [1.54, 1.807) is 30.0 Å². The Morgan fingerprint density at radius 1 is 1.48 bits per heavy atom. The van der Waals surface area contributed by atoms with E-state index in [9.17, 15) is 9.59 Å². The first-order valence-electron chi connectivity index (χ1n) is 7.21. The Hall–Kier alpha value is -2.08. The third-order valence-corrected chi connectivity index (χ3v) is 3.91. The number of carbonyl (C=O) groups is 2. The molecule has 0 aromatic heterocycles. The predicted molar refractivity (Wildman–Crippen MR) is 78.3 cm³/mol. The van der Waals surface area contributed by atoms with E-state index in [4.69, 9.17) is 10.5 Å². The standard InChI is InChI=1S/C15H19N3O3/c1-9-14(19)17-12-6-2-5-11(13(12)21-9)15(20)18-7-3-4-10(16)8-18/h2,5-6,9-10H,3-4,7-8,16H2,1H3,(H,17,19). The average molecular weight is 289 g/mol. The number of benzene rings is 1. The van der Waals surface area contributed by atoms with E-state index in [1.165, 1.54) is 0 Å². The van der Waals surface area contributed by atoms with Gasteiger partial charge in [-0.3, -0.25) is 9.59 Å². The summed E-state index contributed by atoms with van der Waals surface area (Å²) >= 11 is 0. The summed E-state index contributed by atoms with van der Waals surface area (Å²) in [6.07, 6.45) is 1.26. The van der Waals surface area contributed by atoms with Gasteiger partial charge < -0.3 is 20.7 Å². The Morgan fingerprint density at radius 3 is 3.05 bits per heavy atom. The molecule has 6 heteroatoms. The first kappa shape index (κ1) is 13.9. The predicted octanol–water partition coefficient (Wildman–Crippen LogP) is 0.969. The van der Waals surface area contributed by atoms with Gasteiger partial charge >= 0.3 is 0 Å². The normalized spacial score (nSPS) is 24.9. The van der Waals surface area contributed by atoms with Crippen molar-refractivity contribution < 1.29 is 14.3 Å². The van der Waals surface area contributed by atoms with Gasteiger partial charge in [-0.1, -0.05) is 6.07 Å². The molecule has 2 atom stereocenters. The van der Waals surface area contributed by atoms with Crippen molar-refractivity contribution in [2.75, 3.05) is 18.4 Å². The quantitative estimate of drug-likeness (QED) is 0.806. The first-order valence-corrected chi connectivity index (χ1v) is 7.21. The fraction of sp³-hybridized carbons (Fsp3) is 0.467. The molecule has 2 amide bonds. The Balaban J connectivity index is 1.90. The van der Waals surface area contributed by atoms with Gasteiger partial charge in [0.05, 0.1) is 11.3 Å². The molecule has 0 aliphatic carbocycles. The molecule has 1 aromatic rings. The van der Waals surface area contributed by atoms with Crippen LogP contribution in [0.1, 0.15) is 30.1 Å². The molecule has 3 N–H and O–H groups in total. The number of amides is 2. The summed E-state index contributed by atoms with van der Waals surface area (Å²) in [7, 11) is 0. The second kappa shape index (κ2) is 5.37. The molecule has 6 nitrogen and oxygen atoms in total. The average Bonchev–Trinajstić information content (AvgIpc) is 2.47. The van der Waals surface area contributed by atoms with Crippen LogP contribution in [0.2, 0.25) is 0 Å². The number of hydrogen-bond donors (Lipinski definition) is 2. The first-order chi connectivity index (χ1) is 10.1. The van der Waals surface area contributed by atoms with Gasteiger partial charge in [0.25, 0.3) is 11.8 Å². The van der Waals surface area contributed by atoms with Crippen LogP contribution < -0.4 is 15.8 Å². The van der Waals surface area contributed by atoms with E-state index in [-0.39, 0.29) is 17.9 Å². The molecule has 3 rings (SSSR count). The minimum atomic E-state index is -0.602. The van der Waals surface area contributed by atoms with Crippen LogP contribution in [0.15, 0.2) is 18.2 Å². The largest absolute Gasteiger partial charge is 0.478 e. The van der Waals surface area contributed by atoms with Gasteiger partial charge in [-0.05, 0) is 31.9 Å². The highest BCUT2D eigenvalue weighted by Gasteiger charge is 2.30. The molecular formula is C15H19N3O3. The highest BCUT2D eigenvalue weighted by molar-refractivity contribution is 6.04. The summed E-state index contributed by atoms with van der Waals surface area (Å²) in [5.74, 6) is 0.159. The van der Waals surface area contributed by atoms with Crippen molar-refractivity contribution in [1.29, 1.82) is 0 Å². The van der Waals surface area contributed by atoms with Gasteiger partial charge in [-0.25, -0.2) is 0 Å². The van der Waals surface area contributed by atoms with E-state index in [0.29, 0.717) is 30.1 Å². The molecule has 1 aromatic carbocycles. The third-order valence-electron chi connectivity index (χ3n) is 3.91. The maximum Gasteiger partial charge on any atom is 0.265 e. The van der Waals surface area contributed by atoms with Crippen LogP contribution in [-0.2, 0) is 4.79 Å². The molecule has 2 aliphatic heterocycles. The number of hydrogen-bond acceptors (Lipinski definition) is 4. The topological polar surface area (TPSA) is 84.7 Å². The van der Waals surface area contributed by atoms with Gasteiger partial charge in [-0.15, -0.1) is 0 Å². The van der Waals surface area contributed by atoms with E-state index < -0.39 is 6.10 Å². The van der Waals surface area contributed by atoms with Crippen molar-refractivity contribution in [3.63, 3.8) is 0 Å². The number of nitrogens with two attached hydrogens (primary N) is 1. The van der Waals surface area contributed by atoms with Crippen molar-refractivity contribution in [3.8, 4) is 5.75 Å². The zero-order valence-corrected chi connectivity index (χ0v) is 12.0. The summed E-state index contributed by atoms with van der Waals surface area (Å²) in [6.45, 7) is 2.93. The number of carbonyl (C=O) groups excluding carboxylic acids is 2. The highest BCUT2D eigenvalue weighted by atomic mass is 16.5. The smallest absolute Gasteiger partial charge is 0.265 e. The van der Waals surface area contributed by atoms with Crippen LogP contribution in [-0.4, -0.2) is 41.9 Å². The Morgan fingerprint density at radius 2 is 2.29 bits per heavy atom. The summed E-state index contributed by atoms with van der Waals surface area (Å²) in [5.41, 5.74) is 6.96. The van der Waals surface area contributed by atoms with Crippen LogP contribution in [0, 0.1) is 0 Å². The third kappa shape index (κ3) is 2.58. The Bertz CT molecular complexity index is 588. The van der Waals surface area contributed by atoms with E-state index >= 15 is 0 Å². The number of rotatable bonds is 1. The maximum atomic E-state index is 12.7. The lowest BCUT2D eigenvalue weighted by Crippen LogP contribution is -2.46. The minimum Gasteiger partial charge on any atom is -0.478 e. The van der Waals surface area contributed by atoms with Gasteiger partial charge in [0.2, 0.25) is 0 Å². The molecule has 0 bridgehead atoms. The summed E-state index contributed by atoms with van der Waals surface area (Å²) in [4.78, 5) is 26.1. The maximum absolute atomic E-state index is 12.7. The van der Waals surface area contributed by atoms with Crippen molar-refractivity contribution in [2.24, 2.45) is 5.73 Å². The Kier molecular flexibility index (Phi) is 3.55.